The molecule has 6 heteroatoms. The first-order valence-corrected chi connectivity index (χ1v) is 7.42. The van der Waals surface area contributed by atoms with Crippen molar-refractivity contribution in [2.45, 2.75) is 45.4 Å². The zero-order chi connectivity index (χ0) is 14.6. The topological polar surface area (TPSA) is 56.0 Å². The summed E-state index contributed by atoms with van der Waals surface area (Å²) in [5, 5.41) is 0. The van der Waals surface area contributed by atoms with Crippen molar-refractivity contribution in [3.63, 3.8) is 0 Å². The second-order valence-electron chi connectivity index (χ2n) is 6.12. The molecule has 1 aliphatic heterocycles. The molecule has 0 unspecified atom stereocenters. The molecule has 2 aromatic rings. The lowest BCUT2D eigenvalue weighted by Crippen LogP contribution is -2.25. The third kappa shape index (κ3) is 2.10. The van der Waals surface area contributed by atoms with E-state index in [1.165, 1.54) is 18.5 Å². The fourth-order valence-corrected chi connectivity index (χ4v) is 3.07. The predicted octanol–water partition coefficient (Wildman–Crippen LogP) is 1.14. The Morgan fingerprint density at radius 2 is 2.14 bits per heavy atom. The summed E-state index contributed by atoms with van der Waals surface area (Å²) in [6.45, 7) is 4.15. The molecule has 0 aromatic carbocycles. The van der Waals surface area contributed by atoms with Gasteiger partial charge in [-0.25, -0.2) is 9.97 Å². The summed E-state index contributed by atoms with van der Waals surface area (Å²) >= 11 is 0. The third-order valence-corrected chi connectivity index (χ3v) is 4.52. The number of nitrogens with zero attached hydrogens (tertiary/aromatic N) is 5. The fourth-order valence-electron chi connectivity index (χ4n) is 3.07. The van der Waals surface area contributed by atoms with E-state index in [9.17, 15) is 4.79 Å². The first-order valence-electron chi connectivity index (χ1n) is 7.42. The zero-order valence-electron chi connectivity index (χ0n) is 12.4. The van der Waals surface area contributed by atoms with E-state index in [0.29, 0.717) is 12.6 Å². The molecular formula is C15H19N5O. The molecule has 4 rings (SSSR count). The molecule has 0 radical (unpaired) electrons. The maximum Gasteiger partial charge on any atom is 0.258 e. The largest absolute Gasteiger partial charge is 0.330 e. The van der Waals surface area contributed by atoms with Crippen LogP contribution >= 0.6 is 0 Å². The Balaban J connectivity index is 1.58. The molecule has 0 saturated heterocycles. The first-order chi connectivity index (χ1) is 10.1. The van der Waals surface area contributed by atoms with Crippen molar-refractivity contribution in [2.24, 2.45) is 7.05 Å². The van der Waals surface area contributed by atoms with Crippen LogP contribution in [-0.2, 0) is 26.7 Å². The first kappa shape index (κ1) is 12.8. The SMILES string of the molecule is Cc1nc2c(c(=O)n1C)CN(Cc1cncn1C1CC1)C2. The Kier molecular flexibility index (Phi) is 2.75. The predicted molar refractivity (Wildman–Crippen MR) is 77.7 cm³/mol. The summed E-state index contributed by atoms with van der Waals surface area (Å²) in [4.78, 5) is 23.4. The van der Waals surface area contributed by atoms with E-state index in [1.54, 1.807) is 11.6 Å². The summed E-state index contributed by atoms with van der Waals surface area (Å²) in [5.41, 5.74) is 3.11. The number of rotatable bonds is 3. The van der Waals surface area contributed by atoms with Gasteiger partial charge in [0.15, 0.2) is 0 Å². The van der Waals surface area contributed by atoms with Crippen LogP contribution in [0.1, 0.15) is 41.7 Å². The Morgan fingerprint density at radius 1 is 1.33 bits per heavy atom. The number of fused-ring (bicyclic) bond motifs is 1. The Morgan fingerprint density at radius 3 is 2.90 bits per heavy atom. The second-order valence-corrected chi connectivity index (χ2v) is 6.12. The van der Waals surface area contributed by atoms with Crippen molar-refractivity contribution in [1.82, 2.24) is 24.0 Å². The molecule has 21 heavy (non-hydrogen) atoms. The van der Waals surface area contributed by atoms with Crippen LogP contribution in [0.4, 0.5) is 0 Å². The van der Waals surface area contributed by atoms with Crippen molar-refractivity contribution >= 4 is 0 Å². The van der Waals surface area contributed by atoms with Gasteiger partial charge in [0.2, 0.25) is 0 Å². The third-order valence-electron chi connectivity index (χ3n) is 4.52. The fraction of sp³-hybridized carbons (Fsp3) is 0.533. The van der Waals surface area contributed by atoms with Crippen LogP contribution in [0.15, 0.2) is 17.3 Å². The molecule has 2 aliphatic rings. The highest BCUT2D eigenvalue weighted by Crippen LogP contribution is 2.36. The van der Waals surface area contributed by atoms with Crippen LogP contribution in [0.5, 0.6) is 0 Å². The smallest absolute Gasteiger partial charge is 0.258 e. The van der Waals surface area contributed by atoms with Crippen molar-refractivity contribution < 1.29 is 0 Å². The van der Waals surface area contributed by atoms with Crippen LogP contribution in [0, 0.1) is 6.92 Å². The van der Waals surface area contributed by atoms with E-state index >= 15 is 0 Å². The normalized spacial score (nSPS) is 18.2. The minimum absolute atomic E-state index is 0.0932. The quantitative estimate of drug-likeness (QED) is 0.848. The molecule has 6 nitrogen and oxygen atoms in total. The summed E-state index contributed by atoms with van der Waals surface area (Å²) < 4.78 is 3.91. The molecule has 0 N–H and O–H groups in total. The molecule has 0 spiro atoms. The van der Waals surface area contributed by atoms with Gasteiger partial charge in [-0.2, -0.15) is 0 Å². The summed E-state index contributed by atoms with van der Waals surface area (Å²) in [6, 6.07) is 0.640. The van der Waals surface area contributed by atoms with Crippen LogP contribution in [-0.4, -0.2) is 24.0 Å². The number of aryl methyl sites for hydroxylation is 1. The lowest BCUT2D eigenvalue weighted by Gasteiger charge is -2.15. The molecule has 1 saturated carbocycles. The molecule has 3 heterocycles. The zero-order valence-corrected chi connectivity index (χ0v) is 12.4. The van der Waals surface area contributed by atoms with Crippen molar-refractivity contribution in [2.75, 3.05) is 0 Å². The molecule has 0 bridgehead atoms. The van der Waals surface area contributed by atoms with E-state index in [1.807, 2.05) is 19.4 Å². The van der Waals surface area contributed by atoms with Gasteiger partial charge < -0.3 is 4.57 Å². The van der Waals surface area contributed by atoms with Gasteiger partial charge in [0.1, 0.15) is 5.82 Å². The Hall–Kier alpha value is -1.95. The van der Waals surface area contributed by atoms with Crippen LogP contribution in [0.3, 0.4) is 0 Å². The van der Waals surface area contributed by atoms with Crippen LogP contribution < -0.4 is 5.56 Å². The second kappa shape index (κ2) is 4.53. The molecule has 1 aliphatic carbocycles. The molecule has 0 atom stereocenters. The van der Waals surface area contributed by atoms with Crippen molar-refractivity contribution in [3.05, 3.63) is 45.7 Å². The van der Waals surface area contributed by atoms with Crippen LogP contribution in [0.2, 0.25) is 0 Å². The molecule has 2 aromatic heterocycles. The monoisotopic (exact) mass is 285 g/mol. The minimum atomic E-state index is 0.0932. The van der Waals surface area contributed by atoms with E-state index in [-0.39, 0.29) is 5.56 Å². The maximum absolute atomic E-state index is 12.3. The molecule has 110 valence electrons. The lowest BCUT2D eigenvalue weighted by atomic mass is 10.2. The number of imidazole rings is 1. The number of hydrogen-bond acceptors (Lipinski definition) is 4. The van der Waals surface area contributed by atoms with Gasteiger partial charge in [-0.15, -0.1) is 0 Å². The van der Waals surface area contributed by atoms with E-state index in [2.05, 4.69) is 19.4 Å². The highest BCUT2D eigenvalue weighted by molar-refractivity contribution is 5.23. The van der Waals surface area contributed by atoms with E-state index in [0.717, 1.165) is 30.2 Å². The van der Waals surface area contributed by atoms with Gasteiger partial charge in [-0.05, 0) is 19.8 Å². The minimum Gasteiger partial charge on any atom is -0.330 e. The van der Waals surface area contributed by atoms with E-state index in [4.69, 9.17) is 0 Å². The standard InChI is InChI=1S/C15H19N5O/c1-10-17-14-8-19(7-13(14)15(21)18(10)2)6-12-5-16-9-20(12)11-3-4-11/h5,9,11H,3-4,6-8H2,1-2H3. The summed E-state index contributed by atoms with van der Waals surface area (Å²) in [6.07, 6.45) is 6.38. The van der Waals surface area contributed by atoms with Gasteiger partial charge in [0, 0.05) is 38.9 Å². The van der Waals surface area contributed by atoms with Crippen molar-refractivity contribution in [1.29, 1.82) is 0 Å². The number of hydrogen-bond donors (Lipinski definition) is 0. The molecular weight excluding hydrogens is 266 g/mol. The summed E-state index contributed by atoms with van der Waals surface area (Å²) in [5.74, 6) is 0.781. The van der Waals surface area contributed by atoms with Gasteiger partial charge >= 0.3 is 0 Å². The average Bonchev–Trinajstić information content (AvgIpc) is 3.07. The highest BCUT2D eigenvalue weighted by Gasteiger charge is 2.28. The Labute approximate surface area is 123 Å². The van der Waals surface area contributed by atoms with Crippen molar-refractivity contribution in [3.8, 4) is 0 Å². The highest BCUT2D eigenvalue weighted by atomic mass is 16.1. The number of aromatic nitrogens is 4. The van der Waals surface area contributed by atoms with Crippen LogP contribution in [0.25, 0.3) is 0 Å². The average molecular weight is 285 g/mol. The maximum atomic E-state index is 12.3. The Bertz CT molecular complexity index is 756. The molecule has 0 amide bonds. The van der Waals surface area contributed by atoms with Gasteiger partial charge in [0.05, 0.1) is 23.3 Å². The molecule has 1 fully saturated rings. The van der Waals surface area contributed by atoms with E-state index < -0.39 is 0 Å². The van der Waals surface area contributed by atoms with Gasteiger partial charge in [-0.3, -0.25) is 14.3 Å². The summed E-state index contributed by atoms with van der Waals surface area (Å²) in [7, 11) is 1.79. The van der Waals surface area contributed by atoms with Gasteiger partial charge in [0.25, 0.3) is 5.56 Å². The van der Waals surface area contributed by atoms with Gasteiger partial charge in [-0.1, -0.05) is 0 Å². The lowest BCUT2D eigenvalue weighted by molar-refractivity contribution is 0.266.